The summed E-state index contributed by atoms with van der Waals surface area (Å²) in [7, 11) is 0. The van der Waals surface area contributed by atoms with Gasteiger partial charge in [-0.3, -0.25) is 4.79 Å². The van der Waals surface area contributed by atoms with Crippen molar-refractivity contribution in [1.29, 1.82) is 0 Å². The fourth-order valence-corrected chi connectivity index (χ4v) is 5.97. The lowest BCUT2D eigenvalue weighted by atomic mass is 10.0. The molecule has 2 atom stereocenters. The topological polar surface area (TPSA) is 69.6 Å². The van der Waals surface area contributed by atoms with Crippen molar-refractivity contribution in [3.8, 4) is 0 Å². The van der Waals surface area contributed by atoms with Crippen LogP contribution in [0, 0.1) is 0 Å². The van der Waals surface area contributed by atoms with Crippen molar-refractivity contribution in [1.82, 2.24) is 5.32 Å². The Labute approximate surface area is 287 Å². The molecule has 0 radical (unpaired) electrons. The number of aliphatic hydroxyl groups excluding tert-OH is 2. The molecule has 1 amide bonds. The molecular formula is C42H79NO3. The van der Waals surface area contributed by atoms with Crippen molar-refractivity contribution in [2.75, 3.05) is 6.61 Å². The van der Waals surface area contributed by atoms with Crippen molar-refractivity contribution in [3.05, 3.63) is 36.5 Å². The largest absolute Gasteiger partial charge is 0.394 e. The third kappa shape index (κ3) is 34.0. The number of carbonyl (C=O) groups excluding carboxylic acids is 1. The fraction of sp³-hybridized carbons (Fsp3) is 0.833. The zero-order valence-corrected chi connectivity index (χ0v) is 30.8. The molecule has 0 rings (SSSR count). The standard InChI is InChI=1S/C42H79NO3/c1-3-5-7-9-10-11-12-13-14-15-16-17-18-19-20-21-22-23-24-25-26-27-28-29-30-31-32-33-34-35-37-41(45)40(39-44)43-42(46)38-36-8-6-4-2/h27-28,31-32,35,37,40-41,44-45H,3-26,29-30,33-34,36,38-39H2,1-2H3,(H,43,46)/b28-27+,32-31+,37-35+. The summed E-state index contributed by atoms with van der Waals surface area (Å²) < 4.78 is 0. The number of allylic oxidation sites excluding steroid dienone is 5. The maximum atomic E-state index is 12.0. The third-order valence-corrected chi connectivity index (χ3v) is 9.10. The average Bonchev–Trinajstić information content (AvgIpc) is 3.06. The normalized spacial score (nSPS) is 13.4. The number of hydrogen-bond donors (Lipinski definition) is 3. The van der Waals surface area contributed by atoms with Gasteiger partial charge in [0.25, 0.3) is 0 Å². The summed E-state index contributed by atoms with van der Waals surface area (Å²) in [6.45, 7) is 4.17. The average molecular weight is 646 g/mol. The lowest BCUT2D eigenvalue weighted by Gasteiger charge is -2.19. The van der Waals surface area contributed by atoms with E-state index in [0.29, 0.717) is 6.42 Å². The van der Waals surface area contributed by atoms with Gasteiger partial charge in [0.1, 0.15) is 0 Å². The molecule has 0 aliphatic carbocycles. The van der Waals surface area contributed by atoms with Gasteiger partial charge in [0.05, 0.1) is 18.8 Å². The molecule has 4 nitrogen and oxygen atoms in total. The van der Waals surface area contributed by atoms with E-state index < -0.39 is 12.1 Å². The Morgan fingerprint density at radius 2 is 0.848 bits per heavy atom. The second-order valence-corrected chi connectivity index (χ2v) is 13.7. The van der Waals surface area contributed by atoms with Crippen LogP contribution in [0.1, 0.15) is 206 Å². The zero-order chi connectivity index (χ0) is 33.6. The molecular weight excluding hydrogens is 566 g/mol. The molecule has 0 aromatic heterocycles. The minimum Gasteiger partial charge on any atom is -0.394 e. The Bertz CT molecular complexity index is 701. The van der Waals surface area contributed by atoms with Gasteiger partial charge < -0.3 is 15.5 Å². The summed E-state index contributed by atoms with van der Waals surface area (Å²) in [6.07, 6.45) is 50.3. The van der Waals surface area contributed by atoms with Crippen molar-refractivity contribution in [2.45, 2.75) is 219 Å². The monoisotopic (exact) mass is 646 g/mol. The maximum Gasteiger partial charge on any atom is 0.220 e. The number of unbranched alkanes of at least 4 members (excludes halogenated alkanes) is 25. The number of aliphatic hydroxyl groups is 2. The summed E-state index contributed by atoms with van der Waals surface area (Å²) in [5.74, 6) is -0.0969. The molecule has 2 unspecified atom stereocenters. The summed E-state index contributed by atoms with van der Waals surface area (Å²) in [5, 5.41) is 22.6. The van der Waals surface area contributed by atoms with Crippen molar-refractivity contribution in [2.24, 2.45) is 0 Å². The maximum absolute atomic E-state index is 12.0. The molecule has 46 heavy (non-hydrogen) atoms. The van der Waals surface area contributed by atoms with Gasteiger partial charge >= 0.3 is 0 Å². The van der Waals surface area contributed by atoms with E-state index in [-0.39, 0.29) is 12.5 Å². The highest BCUT2D eigenvalue weighted by Gasteiger charge is 2.17. The molecule has 0 aliphatic rings. The number of nitrogens with one attached hydrogen (secondary N) is 1. The van der Waals surface area contributed by atoms with Crippen LogP contribution >= 0.6 is 0 Å². The zero-order valence-electron chi connectivity index (χ0n) is 30.8. The summed E-state index contributed by atoms with van der Waals surface area (Å²) in [4.78, 5) is 12.0. The molecule has 0 saturated carbocycles. The Balaban J connectivity index is 3.46. The van der Waals surface area contributed by atoms with Crippen molar-refractivity contribution in [3.63, 3.8) is 0 Å². The quantitative estimate of drug-likeness (QED) is 0.0469. The number of carbonyl (C=O) groups is 1. The van der Waals surface area contributed by atoms with E-state index in [4.69, 9.17) is 0 Å². The smallest absolute Gasteiger partial charge is 0.220 e. The van der Waals surface area contributed by atoms with E-state index in [2.05, 4.69) is 43.5 Å². The predicted molar refractivity (Wildman–Crippen MR) is 202 cm³/mol. The van der Waals surface area contributed by atoms with Gasteiger partial charge in [-0.1, -0.05) is 192 Å². The van der Waals surface area contributed by atoms with Crippen molar-refractivity contribution < 1.29 is 15.0 Å². The van der Waals surface area contributed by atoms with Crippen LogP contribution in [-0.2, 0) is 4.79 Å². The summed E-state index contributed by atoms with van der Waals surface area (Å²) >= 11 is 0. The molecule has 0 spiro atoms. The Morgan fingerprint density at radius 3 is 1.26 bits per heavy atom. The summed E-state index contributed by atoms with van der Waals surface area (Å²) in [5.41, 5.74) is 0. The minimum absolute atomic E-state index is 0.0969. The van der Waals surface area contributed by atoms with E-state index in [0.717, 1.165) is 51.4 Å². The Kier molecular flexibility index (Phi) is 36.9. The number of amides is 1. The van der Waals surface area contributed by atoms with Gasteiger partial charge in [-0.05, 0) is 44.9 Å². The van der Waals surface area contributed by atoms with Gasteiger partial charge in [0.2, 0.25) is 5.91 Å². The van der Waals surface area contributed by atoms with Crippen LogP contribution in [0.15, 0.2) is 36.5 Å². The van der Waals surface area contributed by atoms with Gasteiger partial charge in [-0.15, -0.1) is 0 Å². The van der Waals surface area contributed by atoms with Crippen LogP contribution < -0.4 is 5.32 Å². The minimum atomic E-state index is -0.863. The highest BCUT2D eigenvalue weighted by atomic mass is 16.3. The van der Waals surface area contributed by atoms with E-state index in [1.807, 2.05) is 6.08 Å². The van der Waals surface area contributed by atoms with Gasteiger partial charge in [-0.2, -0.15) is 0 Å². The molecule has 4 heteroatoms. The second-order valence-electron chi connectivity index (χ2n) is 13.7. The first-order chi connectivity index (χ1) is 22.7. The summed E-state index contributed by atoms with van der Waals surface area (Å²) in [6, 6.07) is -0.638. The molecule has 0 saturated heterocycles. The van der Waals surface area contributed by atoms with E-state index >= 15 is 0 Å². The third-order valence-electron chi connectivity index (χ3n) is 9.10. The first kappa shape index (κ1) is 44.6. The van der Waals surface area contributed by atoms with Gasteiger partial charge in [0, 0.05) is 6.42 Å². The van der Waals surface area contributed by atoms with Gasteiger partial charge in [0.15, 0.2) is 0 Å². The lowest BCUT2D eigenvalue weighted by molar-refractivity contribution is -0.123. The van der Waals surface area contributed by atoms with Crippen LogP contribution in [0.5, 0.6) is 0 Å². The molecule has 0 aromatic carbocycles. The molecule has 0 aliphatic heterocycles. The molecule has 3 N–H and O–H groups in total. The van der Waals surface area contributed by atoms with Crippen LogP contribution in [0.3, 0.4) is 0 Å². The van der Waals surface area contributed by atoms with Crippen LogP contribution in [0.25, 0.3) is 0 Å². The SMILES string of the molecule is CCCCCCCCCCCCCCCCCCCCCC/C=C/CC/C=C/CC/C=C/C(O)C(CO)NC(=O)CCCCCC. The first-order valence-corrected chi connectivity index (χ1v) is 20.2. The molecule has 0 aromatic rings. The first-order valence-electron chi connectivity index (χ1n) is 20.2. The molecule has 270 valence electrons. The molecule has 0 bridgehead atoms. The van der Waals surface area contributed by atoms with E-state index in [1.54, 1.807) is 6.08 Å². The van der Waals surface area contributed by atoms with Crippen molar-refractivity contribution >= 4 is 5.91 Å². The van der Waals surface area contributed by atoms with Crippen LogP contribution in [0.2, 0.25) is 0 Å². The lowest BCUT2D eigenvalue weighted by Crippen LogP contribution is -2.45. The number of hydrogen-bond acceptors (Lipinski definition) is 3. The highest BCUT2D eigenvalue weighted by molar-refractivity contribution is 5.76. The highest BCUT2D eigenvalue weighted by Crippen LogP contribution is 2.15. The fourth-order valence-electron chi connectivity index (χ4n) is 5.97. The van der Waals surface area contributed by atoms with Crippen LogP contribution in [0.4, 0.5) is 0 Å². The van der Waals surface area contributed by atoms with Crippen LogP contribution in [-0.4, -0.2) is 34.9 Å². The van der Waals surface area contributed by atoms with E-state index in [1.165, 1.54) is 135 Å². The number of rotatable bonds is 36. The Morgan fingerprint density at radius 1 is 0.500 bits per heavy atom. The van der Waals surface area contributed by atoms with Gasteiger partial charge in [-0.25, -0.2) is 0 Å². The second kappa shape index (κ2) is 38.1. The Hall–Kier alpha value is -1.39. The molecule has 0 fully saturated rings. The predicted octanol–water partition coefficient (Wildman–Crippen LogP) is 12.2. The molecule has 0 heterocycles. The van der Waals surface area contributed by atoms with E-state index in [9.17, 15) is 15.0 Å².